The monoisotopic (exact) mass is 226 g/mol. The van der Waals surface area contributed by atoms with Crippen LogP contribution in [-0.2, 0) is 23.8 Å². The van der Waals surface area contributed by atoms with Crippen molar-refractivity contribution >= 4 is 10.4 Å². The summed E-state index contributed by atoms with van der Waals surface area (Å²) < 4.78 is 30.9. The lowest BCUT2D eigenvalue weighted by molar-refractivity contribution is -0.186. The number of rotatable bonds is 6. The molecular formula is C8H18O5S. The third-order valence-electron chi connectivity index (χ3n) is 1.38. The van der Waals surface area contributed by atoms with Crippen molar-refractivity contribution in [3.8, 4) is 0 Å². The van der Waals surface area contributed by atoms with Crippen molar-refractivity contribution in [2.75, 3.05) is 7.11 Å². The molecule has 0 heterocycles. The third kappa shape index (κ3) is 6.31. The van der Waals surface area contributed by atoms with E-state index in [-0.39, 0.29) is 0 Å². The summed E-state index contributed by atoms with van der Waals surface area (Å²) in [6.07, 6.45) is 0.610. The molecular weight excluding hydrogens is 208 g/mol. The molecule has 0 N–H and O–H groups in total. The molecule has 0 aliphatic carbocycles. The maximum atomic E-state index is 11.1. The molecule has 0 saturated heterocycles. The molecule has 0 aromatic heterocycles. The summed E-state index contributed by atoms with van der Waals surface area (Å²) >= 11 is 0. The summed E-state index contributed by atoms with van der Waals surface area (Å²) in [7, 11) is -2.95. The van der Waals surface area contributed by atoms with E-state index in [1.807, 2.05) is 13.8 Å². The first kappa shape index (κ1) is 13.8. The van der Waals surface area contributed by atoms with Crippen LogP contribution in [0.5, 0.6) is 0 Å². The van der Waals surface area contributed by atoms with Crippen LogP contribution in [-0.4, -0.2) is 21.1 Å². The molecule has 86 valence electrons. The molecule has 0 aliphatic rings. The Balaban J connectivity index is 4.35. The van der Waals surface area contributed by atoms with Gasteiger partial charge in [-0.15, -0.1) is 0 Å². The van der Waals surface area contributed by atoms with E-state index in [1.165, 1.54) is 0 Å². The van der Waals surface area contributed by atoms with Crippen molar-refractivity contribution in [3.05, 3.63) is 0 Å². The largest absolute Gasteiger partial charge is 0.427 e. The fraction of sp³-hybridized carbons (Fsp3) is 1.00. The van der Waals surface area contributed by atoms with Crippen LogP contribution >= 0.6 is 0 Å². The Bertz CT molecular complexity index is 255. The molecule has 0 aliphatic heterocycles. The van der Waals surface area contributed by atoms with Crippen molar-refractivity contribution in [3.63, 3.8) is 0 Å². The molecule has 0 atom stereocenters. The molecule has 0 amide bonds. The molecule has 0 bridgehead atoms. The lowest BCUT2D eigenvalue weighted by Gasteiger charge is -2.24. The van der Waals surface area contributed by atoms with E-state index < -0.39 is 16.0 Å². The minimum absolute atomic E-state index is 0.336. The van der Waals surface area contributed by atoms with Crippen LogP contribution in [0.2, 0.25) is 0 Å². The Morgan fingerprint density at radius 3 is 2.14 bits per heavy atom. The van der Waals surface area contributed by atoms with Gasteiger partial charge in [-0.25, -0.2) is 9.07 Å². The average Bonchev–Trinajstić information content (AvgIpc) is 1.78. The van der Waals surface area contributed by atoms with Gasteiger partial charge in [-0.3, -0.25) is 0 Å². The molecule has 5 nitrogen and oxygen atoms in total. The van der Waals surface area contributed by atoms with Gasteiger partial charge >= 0.3 is 10.4 Å². The highest BCUT2D eigenvalue weighted by molar-refractivity contribution is 7.81. The minimum Gasteiger partial charge on any atom is -0.240 e. The van der Waals surface area contributed by atoms with Crippen LogP contribution in [0.15, 0.2) is 0 Å². The lowest BCUT2D eigenvalue weighted by Crippen LogP contribution is -2.30. The first-order valence-electron chi connectivity index (χ1n) is 4.36. The zero-order valence-electron chi connectivity index (χ0n) is 9.23. The van der Waals surface area contributed by atoms with E-state index in [9.17, 15) is 8.42 Å². The summed E-state index contributed by atoms with van der Waals surface area (Å²) in [4.78, 5) is 4.04. The summed E-state index contributed by atoms with van der Waals surface area (Å²) in [5.41, 5.74) is -0.786. The predicted octanol–water partition coefficient (Wildman–Crippen LogP) is 1.65. The lowest BCUT2D eigenvalue weighted by atomic mass is 9.97. The summed E-state index contributed by atoms with van der Waals surface area (Å²) in [5, 5.41) is 0. The molecule has 0 radical (unpaired) electrons. The first-order valence-corrected chi connectivity index (χ1v) is 5.70. The third-order valence-corrected chi connectivity index (χ3v) is 2.34. The van der Waals surface area contributed by atoms with Crippen LogP contribution < -0.4 is 0 Å². The van der Waals surface area contributed by atoms with Gasteiger partial charge in [0.15, 0.2) is 0 Å². The van der Waals surface area contributed by atoms with Crippen LogP contribution in [0.1, 0.15) is 34.1 Å². The maximum absolute atomic E-state index is 11.1. The predicted molar refractivity (Wildman–Crippen MR) is 51.6 cm³/mol. The molecule has 0 unspecified atom stereocenters. The Morgan fingerprint density at radius 1 is 1.29 bits per heavy atom. The molecule has 6 heteroatoms. The quantitative estimate of drug-likeness (QED) is 0.509. The average molecular weight is 226 g/mol. The highest BCUT2D eigenvalue weighted by atomic mass is 32.3. The molecule has 0 spiro atoms. The van der Waals surface area contributed by atoms with Gasteiger partial charge in [0, 0.05) is 0 Å². The SMILES string of the molecule is COOS(=O)(=O)OC(C)(C)CC(C)C. The number of hydrogen-bond donors (Lipinski definition) is 0. The number of hydrogen-bond acceptors (Lipinski definition) is 5. The van der Waals surface area contributed by atoms with Crippen molar-refractivity contribution in [1.82, 2.24) is 0 Å². The van der Waals surface area contributed by atoms with Crippen LogP contribution in [0, 0.1) is 5.92 Å². The van der Waals surface area contributed by atoms with Gasteiger partial charge in [0.2, 0.25) is 0 Å². The highest BCUT2D eigenvalue weighted by Gasteiger charge is 2.28. The second-order valence-electron chi connectivity index (χ2n) is 4.08. The molecule has 0 fully saturated rings. The van der Waals surface area contributed by atoms with E-state index >= 15 is 0 Å². The molecule has 0 rings (SSSR count). The fourth-order valence-corrected chi connectivity index (χ4v) is 2.21. The van der Waals surface area contributed by atoms with Crippen LogP contribution in [0.25, 0.3) is 0 Å². The molecule has 0 aromatic carbocycles. The standard InChI is InChI=1S/C8H18O5S/c1-7(2)6-8(3,4)12-14(9,10)13-11-5/h7H,6H2,1-5H3. The zero-order valence-corrected chi connectivity index (χ0v) is 10.1. The summed E-state index contributed by atoms with van der Waals surface area (Å²) in [6.45, 7) is 7.33. The van der Waals surface area contributed by atoms with Crippen molar-refractivity contribution in [2.24, 2.45) is 5.92 Å². The second kappa shape index (κ2) is 5.06. The Kier molecular flexibility index (Phi) is 5.00. The Labute approximate surface area is 85.6 Å². The maximum Gasteiger partial charge on any atom is 0.427 e. The normalized spacial score (nSPS) is 13.6. The zero-order chi connectivity index (χ0) is 11.4. The Hall–Kier alpha value is -0.170. The van der Waals surface area contributed by atoms with E-state index in [0.717, 1.165) is 7.11 Å². The summed E-state index contributed by atoms with van der Waals surface area (Å²) in [5.74, 6) is 0.336. The van der Waals surface area contributed by atoms with E-state index in [0.29, 0.717) is 12.3 Å². The van der Waals surface area contributed by atoms with Crippen LogP contribution in [0.3, 0.4) is 0 Å². The first-order chi connectivity index (χ1) is 6.18. The van der Waals surface area contributed by atoms with Gasteiger partial charge in [-0.2, -0.15) is 8.42 Å². The smallest absolute Gasteiger partial charge is 0.240 e. The van der Waals surface area contributed by atoms with E-state index in [1.54, 1.807) is 13.8 Å². The van der Waals surface area contributed by atoms with Gasteiger partial charge in [0.25, 0.3) is 0 Å². The van der Waals surface area contributed by atoms with Gasteiger partial charge in [0.05, 0.1) is 12.7 Å². The van der Waals surface area contributed by atoms with Gasteiger partial charge in [0.1, 0.15) is 0 Å². The van der Waals surface area contributed by atoms with Gasteiger partial charge in [-0.05, 0) is 26.2 Å². The molecule has 0 saturated carbocycles. The van der Waals surface area contributed by atoms with Gasteiger partial charge < -0.3 is 0 Å². The van der Waals surface area contributed by atoms with E-state index in [4.69, 9.17) is 4.18 Å². The minimum atomic E-state index is -4.06. The van der Waals surface area contributed by atoms with Crippen molar-refractivity contribution in [2.45, 2.75) is 39.7 Å². The fourth-order valence-electron chi connectivity index (χ4n) is 1.39. The van der Waals surface area contributed by atoms with Crippen molar-refractivity contribution in [1.29, 1.82) is 0 Å². The van der Waals surface area contributed by atoms with Gasteiger partial charge in [-0.1, -0.05) is 18.2 Å². The van der Waals surface area contributed by atoms with E-state index in [2.05, 4.69) is 9.22 Å². The van der Waals surface area contributed by atoms with Crippen LogP contribution in [0.4, 0.5) is 0 Å². The Morgan fingerprint density at radius 2 is 1.79 bits per heavy atom. The molecule has 0 aromatic rings. The topological polar surface area (TPSA) is 61.8 Å². The van der Waals surface area contributed by atoms with Crippen molar-refractivity contribution < 1.29 is 21.8 Å². The molecule has 14 heavy (non-hydrogen) atoms. The highest BCUT2D eigenvalue weighted by Crippen LogP contribution is 2.22. The second-order valence-corrected chi connectivity index (χ2v) is 5.20. The summed E-state index contributed by atoms with van der Waals surface area (Å²) in [6, 6.07) is 0.